The van der Waals surface area contributed by atoms with Crippen LogP contribution in [0.25, 0.3) is 67.8 Å². The molecule has 0 saturated heterocycles. The van der Waals surface area contributed by atoms with Gasteiger partial charge in [-0.2, -0.15) is 9.97 Å². The Balaban J connectivity index is 0.000000160. The van der Waals surface area contributed by atoms with Crippen molar-refractivity contribution in [2.24, 2.45) is 10.8 Å². The molecule has 0 aliphatic rings. The number of aromatic nitrogens is 7. The quantitative estimate of drug-likeness (QED) is 0.153. The van der Waals surface area contributed by atoms with Gasteiger partial charge >= 0.3 is 11.7 Å². The minimum atomic E-state index is -0.283. The number of oxazole rings is 2. The zero-order valence-corrected chi connectivity index (χ0v) is 32.6. The molecule has 290 valence electrons. The van der Waals surface area contributed by atoms with Crippen molar-refractivity contribution in [1.29, 1.82) is 0 Å². The lowest BCUT2D eigenvalue weighted by Gasteiger charge is -2.21. The van der Waals surface area contributed by atoms with Crippen LogP contribution in [0.1, 0.15) is 41.5 Å². The summed E-state index contributed by atoms with van der Waals surface area (Å²) in [5, 5.41) is 12.1. The van der Waals surface area contributed by atoms with E-state index >= 15 is 0 Å². The van der Waals surface area contributed by atoms with Crippen molar-refractivity contribution in [3.8, 4) is 45.0 Å². The number of halogens is 2. The number of benzene rings is 4. The molecule has 0 radical (unpaired) electrons. The van der Waals surface area contributed by atoms with Gasteiger partial charge in [0.15, 0.2) is 0 Å². The van der Waals surface area contributed by atoms with Crippen LogP contribution >= 0.6 is 0 Å². The molecule has 13 heteroatoms. The summed E-state index contributed by atoms with van der Waals surface area (Å²) in [6.45, 7) is 14.6. The van der Waals surface area contributed by atoms with E-state index in [1.807, 2.05) is 56.2 Å². The fourth-order valence-corrected chi connectivity index (χ4v) is 6.64. The third-order valence-electron chi connectivity index (χ3n) is 9.31. The molecule has 0 spiro atoms. The summed E-state index contributed by atoms with van der Waals surface area (Å²) in [6, 6.07) is 24.5. The molecule has 0 aliphatic carbocycles. The zero-order chi connectivity index (χ0) is 40.1. The van der Waals surface area contributed by atoms with Crippen LogP contribution in [0, 0.1) is 22.5 Å². The van der Waals surface area contributed by atoms with Gasteiger partial charge in [0, 0.05) is 47.7 Å². The van der Waals surface area contributed by atoms with Gasteiger partial charge in [0.05, 0.1) is 28.3 Å². The minimum absolute atomic E-state index is 0.0738. The molecule has 0 bridgehead atoms. The lowest BCUT2D eigenvalue weighted by Crippen LogP contribution is -2.19. The summed E-state index contributed by atoms with van der Waals surface area (Å²) in [4.78, 5) is 9.24. The van der Waals surface area contributed by atoms with Crippen LogP contribution < -0.4 is 11.1 Å². The normalized spacial score (nSPS) is 12.1. The Bertz CT molecular complexity index is 2830. The Morgan fingerprint density at radius 2 is 1.16 bits per heavy atom. The number of rotatable bonds is 7. The number of hydrogen-bond acceptors (Lipinski definition) is 8. The highest BCUT2D eigenvalue weighted by molar-refractivity contribution is 5.87. The molecule has 0 fully saturated rings. The van der Waals surface area contributed by atoms with Gasteiger partial charge in [0.1, 0.15) is 41.1 Å². The summed E-state index contributed by atoms with van der Waals surface area (Å²) in [6.07, 6.45) is 6.85. The first-order valence-electron chi connectivity index (χ1n) is 18.6. The van der Waals surface area contributed by atoms with Gasteiger partial charge in [-0.25, -0.2) is 13.5 Å². The van der Waals surface area contributed by atoms with Gasteiger partial charge < -0.3 is 19.9 Å². The van der Waals surface area contributed by atoms with E-state index in [0.717, 1.165) is 74.8 Å². The summed E-state index contributed by atoms with van der Waals surface area (Å²) in [5.41, 5.74) is 16.5. The van der Waals surface area contributed by atoms with Gasteiger partial charge in [0.25, 0.3) is 0 Å². The topological polar surface area (TPSA) is 130 Å². The number of fused-ring (bicyclic) bond motifs is 3. The van der Waals surface area contributed by atoms with Crippen molar-refractivity contribution in [1.82, 2.24) is 33.8 Å². The molecule has 5 heterocycles. The highest BCUT2D eigenvalue weighted by Gasteiger charge is 2.22. The van der Waals surface area contributed by atoms with E-state index in [0.29, 0.717) is 17.4 Å². The van der Waals surface area contributed by atoms with Gasteiger partial charge in [-0.1, -0.05) is 58.9 Å². The maximum atomic E-state index is 13.4. The summed E-state index contributed by atoms with van der Waals surface area (Å²) in [7, 11) is 0. The van der Waals surface area contributed by atoms with Crippen molar-refractivity contribution in [3.63, 3.8) is 0 Å². The number of nitrogens with two attached hydrogens (primary N) is 1. The predicted octanol–water partition coefficient (Wildman–Crippen LogP) is 10.6. The van der Waals surface area contributed by atoms with Crippen LogP contribution in [0.3, 0.4) is 0 Å². The van der Waals surface area contributed by atoms with Crippen molar-refractivity contribution in [3.05, 3.63) is 121 Å². The first kappa shape index (κ1) is 37.2. The molecule has 0 amide bonds. The molecule has 0 unspecified atom stereocenters. The first-order chi connectivity index (χ1) is 27.2. The predicted molar refractivity (Wildman–Crippen MR) is 219 cm³/mol. The average molecular weight is 768 g/mol. The minimum Gasteiger partial charge on any atom is -0.432 e. The molecule has 0 saturated carbocycles. The van der Waals surface area contributed by atoms with Crippen LogP contribution in [0.5, 0.6) is 0 Å². The standard InChI is InChI=1S/C22H20FN5O.C22H23FN4O/c1-22(2,3)13-28-18-12-15(6-9-17(18)25-26-28)20-19(14-4-7-16(23)8-5-14)24-21-27(20)10-11-29-21;1-22(2,3)13-25-18-12-15(6-9-17(18)24)20-19(14-4-7-16(23)8-5-14)26-21-27(20)10-11-28-21/h4-12H,13H2,1-3H3;4-12,25H,13,24H2,1-3H3. The molecule has 0 aliphatic heterocycles. The van der Waals surface area contributed by atoms with E-state index in [1.165, 1.54) is 24.3 Å². The molecule has 57 heavy (non-hydrogen) atoms. The highest BCUT2D eigenvalue weighted by atomic mass is 19.1. The lowest BCUT2D eigenvalue weighted by atomic mass is 9.96. The second kappa shape index (κ2) is 14.4. The molecule has 0 atom stereocenters. The summed E-state index contributed by atoms with van der Waals surface area (Å²) in [5.74, 6) is 0.405. The first-order valence-corrected chi connectivity index (χ1v) is 18.6. The van der Waals surface area contributed by atoms with Crippen LogP contribution in [-0.4, -0.2) is 40.3 Å². The van der Waals surface area contributed by atoms with Gasteiger partial charge in [-0.15, -0.1) is 5.10 Å². The Morgan fingerprint density at radius 3 is 1.68 bits per heavy atom. The van der Waals surface area contributed by atoms with E-state index in [9.17, 15) is 8.78 Å². The van der Waals surface area contributed by atoms with Crippen molar-refractivity contribution in [2.45, 2.75) is 48.1 Å². The molecule has 4 aromatic carbocycles. The van der Waals surface area contributed by atoms with Crippen LogP contribution in [0.15, 0.2) is 119 Å². The second-order valence-corrected chi connectivity index (χ2v) is 16.5. The number of anilines is 2. The number of hydrogen-bond donors (Lipinski definition) is 2. The number of imidazole rings is 2. The van der Waals surface area contributed by atoms with E-state index in [2.05, 4.69) is 73.2 Å². The fourth-order valence-electron chi connectivity index (χ4n) is 6.64. The Kier molecular flexibility index (Phi) is 9.38. The van der Waals surface area contributed by atoms with E-state index in [1.54, 1.807) is 36.8 Å². The third kappa shape index (κ3) is 7.73. The van der Waals surface area contributed by atoms with Crippen LogP contribution in [0.4, 0.5) is 20.2 Å². The smallest absolute Gasteiger partial charge is 0.306 e. The maximum absolute atomic E-state index is 13.4. The highest BCUT2D eigenvalue weighted by Crippen LogP contribution is 2.37. The Morgan fingerprint density at radius 1 is 0.649 bits per heavy atom. The SMILES string of the molecule is CC(C)(C)CNc1cc(-c2c(-c3ccc(F)cc3)nc3occn23)ccc1N.CC(C)(C)Cn1nnc2ccc(-c3c(-c4ccc(F)cc4)nc4occn34)cc21. The van der Waals surface area contributed by atoms with Crippen LogP contribution in [0.2, 0.25) is 0 Å². The molecular weight excluding hydrogens is 725 g/mol. The Hall–Kier alpha value is -6.76. The molecule has 5 aromatic heterocycles. The molecular formula is C44H43F2N9O2. The average Bonchev–Trinajstić information content (AvgIpc) is 3.99. The number of nitrogens with zero attached hydrogens (tertiary/aromatic N) is 7. The zero-order valence-electron chi connectivity index (χ0n) is 32.6. The molecule has 3 N–H and O–H groups in total. The van der Waals surface area contributed by atoms with Gasteiger partial charge in [-0.3, -0.25) is 8.80 Å². The lowest BCUT2D eigenvalue weighted by molar-refractivity contribution is 0.327. The van der Waals surface area contributed by atoms with Gasteiger partial charge in [-0.05, 0) is 83.6 Å². The summed E-state index contributed by atoms with van der Waals surface area (Å²) < 4.78 is 43.5. The molecule has 11 nitrogen and oxygen atoms in total. The van der Waals surface area contributed by atoms with Gasteiger partial charge in [0.2, 0.25) is 0 Å². The monoisotopic (exact) mass is 767 g/mol. The van der Waals surface area contributed by atoms with Crippen molar-refractivity contribution < 1.29 is 17.6 Å². The van der Waals surface area contributed by atoms with Crippen molar-refractivity contribution >= 4 is 34.1 Å². The maximum Gasteiger partial charge on any atom is 0.306 e. The van der Waals surface area contributed by atoms with Crippen molar-refractivity contribution in [2.75, 3.05) is 17.6 Å². The molecule has 9 aromatic rings. The summed E-state index contributed by atoms with van der Waals surface area (Å²) >= 11 is 0. The third-order valence-corrected chi connectivity index (χ3v) is 9.31. The van der Waals surface area contributed by atoms with E-state index in [-0.39, 0.29) is 22.5 Å². The number of nitrogens with one attached hydrogen (secondary N) is 1. The Labute approximate surface area is 327 Å². The second-order valence-electron chi connectivity index (χ2n) is 16.5. The largest absolute Gasteiger partial charge is 0.432 e. The van der Waals surface area contributed by atoms with E-state index < -0.39 is 0 Å². The molecule has 9 rings (SSSR count). The van der Waals surface area contributed by atoms with E-state index in [4.69, 9.17) is 14.6 Å². The fraction of sp³-hybridized carbons (Fsp3) is 0.227. The number of nitrogen functional groups attached to an aromatic ring is 1. The van der Waals surface area contributed by atoms with Crippen LogP contribution in [-0.2, 0) is 6.54 Å².